The van der Waals surface area contributed by atoms with Gasteiger partial charge in [0.1, 0.15) is 5.75 Å². The van der Waals surface area contributed by atoms with Crippen molar-refractivity contribution in [2.24, 2.45) is 11.7 Å². The highest BCUT2D eigenvalue weighted by Crippen LogP contribution is 2.21. The maximum absolute atomic E-state index is 11.8. The molecular formula is C15H25ClN2O2. The first kappa shape index (κ1) is 18.7. The summed E-state index contributed by atoms with van der Waals surface area (Å²) in [7, 11) is 1.64. The van der Waals surface area contributed by atoms with Crippen LogP contribution in [0.5, 0.6) is 5.75 Å². The average Bonchev–Trinajstić information content (AvgIpc) is 2.44. The first-order valence-electron chi connectivity index (χ1n) is 6.67. The third-order valence-corrected chi connectivity index (χ3v) is 3.23. The van der Waals surface area contributed by atoms with Crippen molar-refractivity contribution < 1.29 is 9.53 Å². The van der Waals surface area contributed by atoms with Gasteiger partial charge in [-0.3, -0.25) is 4.79 Å². The maximum atomic E-state index is 11.8. The second kappa shape index (κ2) is 9.61. The van der Waals surface area contributed by atoms with Gasteiger partial charge in [0.05, 0.1) is 7.11 Å². The van der Waals surface area contributed by atoms with Crippen LogP contribution in [0.25, 0.3) is 0 Å². The van der Waals surface area contributed by atoms with Gasteiger partial charge in [-0.2, -0.15) is 0 Å². The molecule has 5 heteroatoms. The van der Waals surface area contributed by atoms with E-state index in [-0.39, 0.29) is 24.2 Å². The van der Waals surface area contributed by atoms with Crippen LogP contribution >= 0.6 is 12.4 Å². The number of carbonyl (C=O) groups is 1. The van der Waals surface area contributed by atoms with Gasteiger partial charge < -0.3 is 15.8 Å². The highest BCUT2D eigenvalue weighted by atomic mass is 35.5. The highest BCUT2D eigenvalue weighted by Gasteiger charge is 2.11. The number of nitrogens with two attached hydrogens (primary N) is 1. The molecule has 20 heavy (non-hydrogen) atoms. The lowest BCUT2D eigenvalue weighted by molar-refractivity contribution is -0.121. The first-order valence-corrected chi connectivity index (χ1v) is 6.67. The van der Waals surface area contributed by atoms with E-state index in [0.717, 1.165) is 11.3 Å². The summed E-state index contributed by atoms with van der Waals surface area (Å²) < 4.78 is 5.12. The smallest absolute Gasteiger partial charge is 0.220 e. The Morgan fingerprint density at radius 1 is 1.30 bits per heavy atom. The molecule has 1 aromatic carbocycles. The van der Waals surface area contributed by atoms with E-state index in [1.54, 1.807) is 7.11 Å². The zero-order valence-corrected chi connectivity index (χ0v) is 13.2. The lowest BCUT2D eigenvalue weighted by Crippen LogP contribution is -2.31. The molecule has 0 aliphatic rings. The predicted octanol–water partition coefficient (Wildman–Crippen LogP) is 2.32. The van der Waals surface area contributed by atoms with E-state index in [1.165, 1.54) is 0 Å². The number of ether oxygens (including phenoxy) is 1. The minimum atomic E-state index is 0. The first-order chi connectivity index (χ1) is 9.06. The zero-order chi connectivity index (χ0) is 14.3. The fourth-order valence-electron chi connectivity index (χ4n) is 1.77. The Morgan fingerprint density at radius 3 is 2.40 bits per heavy atom. The largest absolute Gasteiger partial charge is 0.497 e. The Bertz CT molecular complexity index is 395. The summed E-state index contributed by atoms with van der Waals surface area (Å²) in [6.07, 6.45) is 0.490. The molecule has 2 unspecified atom stereocenters. The van der Waals surface area contributed by atoms with E-state index >= 15 is 0 Å². The van der Waals surface area contributed by atoms with Gasteiger partial charge in [0, 0.05) is 13.0 Å². The van der Waals surface area contributed by atoms with Crippen molar-refractivity contribution in [1.29, 1.82) is 0 Å². The molecule has 0 spiro atoms. The Morgan fingerprint density at radius 2 is 1.90 bits per heavy atom. The number of nitrogens with one attached hydrogen (secondary N) is 1. The summed E-state index contributed by atoms with van der Waals surface area (Å²) in [5.41, 5.74) is 6.66. The summed E-state index contributed by atoms with van der Waals surface area (Å²) in [5.74, 6) is 1.42. The quantitative estimate of drug-likeness (QED) is 0.812. The molecule has 0 bridgehead atoms. The molecule has 0 aliphatic heterocycles. The van der Waals surface area contributed by atoms with Gasteiger partial charge >= 0.3 is 0 Å². The van der Waals surface area contributed by atoms with E-state index in [2.05, 4.69) is 5.32 Å². The van der Waals surface area contributed by atoms with Crippen molar-refractivity contribution in [3.8, 4) is 5.75 Å². The normalized spacial score (nSPS) is 13.0. The monoisotopic (exact) mass is 300 g/mol. The molecule has 2 atom stereocenters. The maximum Gasteiger partial charge on any atom is 0.220 e. The van der Waals surface area contributed by atoms with Crippen molar-refractivity contribution in [2.45, 2.75) is 26.2 Å². The van der Waals surface area contributed by atoms with Crippen molar-refractivity contribution in [1.82, 2.24) is 5.32 Å². The summed E-state index contributed by atoms with van der Waals surface area (Å²) in [5, 5.41) is 2.91. The third-order valence-electron chi connectivity index (χ3n) is 3.23. The molecule has 0 aliphatic carbocycles. The van der Waals surface area contributed by atoms with Gasteiger partial charge in [-0.05, 0) is 36.1 Å². The molecule has 114 valence electrons. The van der Waals surface area contributed by atoms with Crippen molar-refractivity contribution in [3.05, 3.63) is 29.8 Å². The fraction of sp³-hybridized carbons (Fsp3) is 0.533. The van der Waals surface area contributed by atoms with E-state index in [0.29, 0.717) is 25.4 Å². The second-order valence-electron chi connectivity index (χ2n) is 5.02. The summed E-state index contributed by atoms with van der Waals surface area (Å²) >= 11 is 0. The minimum absolute atomic E-state index is 0. The number of benzene rings is 1. The van der Waals surface area contributed by atoms with Gasteiger partial charge in [-0.25, -0.2) is 0 Å². The van der Waals surface area contributed by atoms with Gasteiger partial charge in [0.15, 0.2) is 0 Å². The Hall–Kier alpha value is -1.26. The molecule has 3 N–H and O–H groups in total. The molecular weight excluding hydrogens is 276 g/mol. The van der Waals surface area contributed by atoms with Crippen LogP contribution in [-0.4, -0.2) is 26.1 Å². The number of carbonyl (C=O) groups excluding carboxylic acids is 1. The van der Waals surface area contributed by atoms with Crippen LogP contribution in [0.4, 0.5) is 0 Å². The van der Waals surface area contributed by atoms with E-state index in [4.69, 9.17) is 10.5 Å². The number of amides is 1. The molecule has 1 aromatic rings. The Labute approximate surface area is 127 Å². The SMILES string of the molecule is COc1ccc(C(C)CC(=O)NCC(C)CN)cc1.Cl. The Kier molecular flexibility index (Phi) is 9.01. The summed E-state index contributed by atoms with van der Waals surface area (Å²) in [6, 6.07) is 7.83. The second-order valence-corrected chi connectivity index (χ2v) is 5.02. The predicted molar refractivity (Wildman–Crippen MR) is 84.5 cm³/mol. The summed E-state index contributed by atoms with van der Waals surface area (Å²) in [6.45, 7) is 5.31. The zero-order valence-electron chi connectivity index (χ0n) is 12.4. The molecule has 0 heterocycles. The topological polar surface area (TPSA) is 64.3 Å². The van der Waals surface area contributed by atoms with Crippen molar-refractivity contribution in [2.75, 3.05) is 20.2 Å². The van der Waals surface area contributed by atoms with Crippen LogP contribution in [0.15, 0.2) is 24.3 Å². The number of hydrogen-bond acceptors (Lipinski definition) is 3. The molecule has 0 radical (unpaired) electrons. The lowest BCUT2D eigenvalue weighted by atomic mass is 9.97. The van der Waals surface area contributed by atoms with E-state index in [9.17, 15) is 4.79 Å². The number of rotatable bonds is 7. The average molecular weight is 301 g/mol. The molecule has 4 nitrogen and oxygen atoms in total. The Balaban J connectivity index is 0.00000361. The number of halogens is 1. The number of hydrogen-bond donors (Lipinski definition) is 2. The van der Waals surface area contributed by atoms with Crippen molar-refractivity contribution in [3.63, 3.8) is 0 Å². The van der Waals surface area contributed by atoms with Crippen LogP contribution in [0, 0.1) is 5.92 Å². The number of methoxy groups -OCH3 is 1. The highest BCUT2D eigenvalue weighted by molar-refractivity contribution is 5.85. The van der Waals surface area contributed by atoms with Gasteiger partial charge in [-0.1, -0.05) is 26.0 Å². The molecule has 1 amide bonds. The van der Waals surface area contributed by atoms with Crippen molar-refractivity contribution >= 4 is 18.3 Å². The van der Waals surface area contributed by atoms with Crippen LogP contribution in [0.3, 0.4) is 0 Å². The van der Waals surface area contributed by atoms with Crippen LogP contribution in [0.1, 0.15) is 31.7 Å². The van der Waals surface area contributed by atoms with Gasteiger partial charge in [0.2, 0.25) is 5.91 Å². The van der Waals surface area contributed by atoms with Gasteiger partial charge in [-0.15, -0.1) is 12.4 Å². The van der Waals surface area contributed by atoms with E-state index in [1.807, 2.05) is 38.1 Å². The lowest BCUT2D eigenvalue weighted by Gasteiger charge is -2.14. The van der Waals surface area contributed by atoms with Gasteiger partial charge in [0.25, 0.3) is 0 Å². The minimum Gasteiger partial charge on any atom is -0.497 e. The standard InChI is InChI=1S/C15H24N2O2.ClH/c1-11(9-16)10-17-15(18)8-12(2)13-4-6-14(19-3)7-5-13;/h4-7,11-12H,8-10,16H2,1-3H3,(H,17,18);1H. The fourth-order valence-corrected chi connectivity index (χ4v) is 1.77. The van der Waals surface area contributed by atoms with E-state index < -0.39 is 0 Å². The summed E-state index contributed by atoms with van der Waals surface area (Å²) in [4.78, 5) is 11.8. The molecule has 0 aromatic heterocycles. The molecule has 0 saturated heterocycles. The van der Waals surface area contributed by atoms with Crippen LogP contribution in [0.2, 0.25) is 0 Å². The van der Waals surface area contributed by atoms with Crippen LogP contribution < -0.4 is 15.8 Å². The van der Waals surface area contributed by atoms with Crippen LogP contribution in [-0.2, 0) is 4.79 Å². The third kappa shape index (κ3) is 6.26. The molecule has 0 fully saturated rings. The molecule has 0 saturated carbocycles. The molecule has 1 rings (SSSR count).